The summed E-state index contributed by atoms with van der Waals surface area (Å²) in [5.41, 5.74) is -0.916. The van der Waals surface area contributed by atoms with E-state index in [9.17, 15) is 17.6 Å². The molecule has 11 heteroatoms. The summed E-state index contributed by atoms with van der Waals surface area (Å²) in [6.45, 7) is 0.444. The first-order valence-electron chi connectivity index (χ1n) is 8.11. The lowest BCUT2D eigenvalue weighted by Crippen LogP contribution is -2.40. The summed E-state index contributed by atoms with van der Waals surface area (Å²) in [5.74, 6) is 0.0575. The van der Waals surface area contributed by atoms with E-state index in [1.807, 2.05) is 0 Å². The zero-order valence-electron chi connectivity index (χ0n) is 15.6. The Balaban J connectivity index is 0.00000392. The number of nitrogens with zero attached hydrogens (tertiary/aromatic N) is 4. The van der Waals surface area contributed by atoms with Gasteiger partial charge < -0.3 is 15.0 Å². The number of hydrogen-bond donors (Lipinski definition) is 1. The second-order valence-corrected chi connectivity index (χ2v) is 5.78. The second-order valence-electron chi connectivity index (χ2n) is 5.78. The van der Waals surface area contributed by atoms with Crippen molar-refractivity contribution >= 4 is 29.9 Å². The van der Waals surface area contributed by atoms with Gasteiger partial charge in [-0.1, -0.05) is 12.1 Å². The van der Waals surface area contributed by atoms with Crippen LogP contribution in [0.2, 0.25) is 0 Å². The summed E-state index contributed by atoms with van der Waals surface area (Å²) in [6, 6.07) is 6.04. The van der Waals surface area contributed by atoms with Crippen LogP contribution in [0.1, 0.15) is 11.3 Å². The van der Waals surface area contributed by atoms with E-state index in [-0.39, 0.29) is 48.4 Å². The van der Waals surface area contributed by atoms with Crippen LogP contribution in [0.25, 0.3) is 0 Å². The topological polar surface area (TPSA) is 54.7 Å². The zero-order valence-corrected chi connectivity index (χ0v) is 18.0. The number of aryl methyl sites for hydroxylation is 1. The zero-order chi connectivity index (χ0) is 20.0. The van der Waals surface area contributed by atoms with Crippen molar-refractivity contribution in [2.24, 2.45) is 12.0 Å². The van der Waals surface area contributed by atoms with Crippen LogP contribution in [0.15, 0.2) is 35.5 Å². The van der Waals surface area contributed by atoms with Crippen LogP contribution < -0.4 is 10.1 Å². The van der Waals surface area contributed by atoms with Gasteiger partial charge in [0.2, 0.25) is 0 Å². The predicted molar refractivity (Wildman–Crippen MR) is 108 cm³/mol. The van der Waals surface area contributed by atoms with E-state index in [0.29, 0.717) is 12.5 Å². The van der Waals surface area contributed by atoms with Crippen LogP contribution in [-0.2, 0) is 19.8 Å². The van der Waals surface area contributed by atoms with Crippen LogP contribution in [0.5, 0.6) is 5.75 Å². The average Bonchev–Trinajstić information content (AvgIpc) is 2.98. The molecule has 0 aliphatic carbocycles. The van der Waals surface area contributed by atoms with Crippen LogP contribution in [-0.4, -0.2) is 47.9 Å². The van der Waals surface area contributed by atoms with Gasteiger partial charge in [-0.3, -0.25) is 9.67 Å². The molecule has 0 atom stereocenters. The first-order valence-corrected chi connectivity index (χ1v) is 8.11. The molecule has 2 aromatic rings. The summed E-state index contributed by atoms with van der Waals surface area (Å²) >= 11 is 0. The first-order chi connectivity index (χ1) is 12.7. The number of likely N-dealkylation sites (N-methyl/N-ethyl adjacent to an activating group) is 1. The van der Waals surface area contributed by atoms with Gasteiger partial charge in [0.05, 0.1) is 6.54 Å². The molecule has 0 aliphatic rings. The van der Waals surface area contributed by atoms with E-state index >= 15 is 0 Å². The van der Waals surface area contributed by atoms with Crippen LogP contribution in [0.3, 0.4) is 0 Å². The van der Waals surface area contributed by atoms with Crippen LogP contribution in [0.4, 0.5) is 17.6 Å². The Bertz CT molecular complexity index is 794. The van der Waals surface area contributed by atoms with E-state index in [1.165, 1.54) is 32.4 Å². The molecule has 28 heavy (non-hydrogen) atoms. The van der Waals surface area contributed by atoms with E-state index in [0.717, 1.165) is 4.68 Å². The molecule has 0 radical (unpaired) electrons. The van der Waals surface area contributed by atoms with Crippen molar-refractivity contribution in [2.45, 2.75) is 12.7 Å². The number of halogens is 5. The fourth-order valence-corrected chi connectivity index (χ4v) is 2.42. The lowest BCUT2D eigenvalue weighted by Gasteiger charge is -2.22. The Morgan fingerprint density at radius 3 is 2.61 bits per heavy atom. The highest BCUT2D eigenvalue weighted by Gasteiger charge is 2.36. The molecule has 1 aromatic heterocycles. The first kappa shape index (κ1) is 24.0. The number of hydrogen-bond acceptors (Lipinski definition) is 3. The number of guanidine groups is 1. The van der Waals surface area contributed by atoms with Gasteiger partial charge in [-0.15, -0.1) is 24.0 Å². The Kier molecular flexibility index (Phi) is 8.98. The van der Waals surface area contributed by atoms with Crippen molar-refractivity contribution in [2.75, 3.05) is 27.2 Å². The van der Waals surface area contributed by atoms with E-state index < -0.39 is 17.7 Å². The van der Waals surface area contributed by atoms with Gasteiger partial charge in [-0.25, -0.2) is 4.39 Å². The normalized spacial score (nSPS) is 11.8. The standard InChI is InChI=1S/C17H21F4N5O.HI/c1-22-16(23-10-12-11-26(3)24-15(12)17(19,20)21)25(2)8-9-27-14-7-5-4-6-13(14)18;/h4-7,11H,8-10H2,1-3H3,(H,22,23);1H. The molecule has 156 valence electrons. The highest BCUT2D eigenvalue weighted by molar-refractivity contribution is 14.0. The molecule has 1 heterocycles. The molecule has 0 saturated carbocycles. The van der Waals surface area contributed by atoms with Crippen molar-refractivity contribution in [3.05, 3.63) is 47.5 Å². The van der Waals surface area contributed by atoms with Gasteiger partial charge in [-0.2, -0.15) is 18.3 Å². The Morgan fingerprint density at radius 1 is 1.32 bits per heavy atom. The third kappa shape index (κ3) is 6.53. The lowest BCUT2D eigenvalue weighted by atomic mass is 10.2. The molecule has 6 nitrogen and oxygen atoms in total. The van der Waals surface area contributed by atoms with Crippen LogP contribution in [0, 0.1) is 5.82 Å². The van der Waals surface area contributed by atoms with Crippen molar-refractivity contribution in [1.29, 1.82) is 0 Å². The maximum Gasteiger partial charge on any atom is 0.435 e. The lowest BCUT2D eigenvalue weighted by molar-refractivity contribution is -0.142. The highest BCUT2D eigenvalue weighted by atomic mass is 127. The second kappa shape index (κ2) is 10.5. The van der Waals surface area contributed by atoms with Crippen molar-refractivity contribution < 1.29 is 22.3 Å². The Labute approximate surface area is 177 Å². The number of para-hydroxylation sites is 1. The van der Waals surface area contributed by atoms with Gasteiger partial charge in [-0.05, 0) is 12.1 Å². The van der Waals surface area contributed by atoms with Gasteiger partial charge >= 0.3 is 6.18 Å². The van der Waals surface area contributed by atoms with Crippen molar-refractivity contribution in [3.63, 3.8) is 0 Å². The molecular formula is C17H22F4IN5O. The highest BCUT2D eigenvalue weighted by Crippen LogP contribution is 2.30. The quantitative estimate of drug-likeness (QED) is 0.278. The maximum absolute atomic E-state index is 13.5. The minimum Gasteiger partial charge on any atom is -0.489 e. The van der Waals surface area contributed by atoms with Crippen molar-refractivity contribution in [1.82, 2.24) is 20.0 Å². The third-order valence-corrected chi connectivity index (χ3v) is 3.70. The number of nitrogens with one attached hydrogen (secondary N) is 1. The van der Waals surface area contributed by atoms with Gasteiger partial charge in [0.15, 0.2) is 23.2 Å². The Morgan fingerprint density at radius 2 is 2.00 bits per heavy atom. The van der Waals surface area contributed by atoms with Crippen molar-refractivity contribution in [3.8, 4) is 5.75 Å². The van der Waals surface area contributed by atoms with Crippen LogP contribution >= 0.6 is 24.0 Å². The molecular weight excluding hydrogens is 493 g/mol. The molecule has 0 saturated heterocycles. The molecule has 1 N–H and O–H groups in total. The molecule has 0 amide bonds. The summed E-state index contributed by atoms with van der Waals surface area (Å²) in [5, 5.41) is 6.33. The average molecular weight is 515 g/mol. The number of aliphatic imine (C=N–C) groups is 1. The third-order valence-electron chi connectivity index (χ3n) is 3.70. The number of ether oxygens (including phenoxy) is 1. The van der Waals surface area contributed by atoms with E-state index in [1.54, 1.807) is 24.1 Å². The van der Waals surface area contributed by atoms with E-state index in [4.69, 9.17) is 4.74 Å². The number of alkyl halides is 3. The van der Waals surface area contributed by atoms with Gasteiger partial charge in [0, 0.05) is 39.4 Å². The van der Waals surface area contributed by atoms with E-state index in [2.05, 4.69) is 15.4 Å². The fourth-order valence-electron chi connectivity index (χ4n) is 2.42. The fraction of sp³-hybridized carbons (Fsp3) is 0.412. The monoisotopic (exact) mass is 515 g/mol. The summed E-state index contributed by atoms with van der Waals surface area (Å²) in [7, 11) is 4.65. The molecule has 0 spiro atoms. The smallest absolute Gasteiger partial charge is 0.435 e. The largest absolute Gasteiger partial charge is 0.489 e. The maximum atomic E-state index is 13.5. The minimum absolute atomic E-state index is 0. The minimum atomic E-state index is -4.53. The SMILES string of the molecule is CN=C(NCc1cn(C)nc1C(F)(F)F)N(C)CCOc1ccccc1F.I. The number of aromatic nitrogens is 2. The molecule has 0 bridgehead atoms. The molecule has 0 aliphatic heterocycles. The number of rotatable bonds is 6. The Hall–Kier alpha value is -2.05. The summed E-state index contributed by atoms with van der Waals surface area (Å²) < 4.78 is 59.0. The summed E-state index contributed by atoms with van der Waals surface area (Å²) in [6.07, 6.45) is -3.22. The molecule has 0 unspecified atom stereocenters. The van der Waals surface area contributed by atoms with Gasteiger partial charge in [0.25, 0.3) is 0 Å². The molecule has 1 aromatic carbocycles. The predicted octanol–water partition coefficient (Wildman–Crippen LogP) is 3.28. The summed E-state index contributed by atoms with van der Waals surface area (Å²) in [4.78, 5) is 5.71. The molecule has 2 rings (SSSR count). The van der Waals surface area contributed by atoms with Gasteiger partial charge in [0.1, 0.15) is 6.61 Å². The molecule has 0 fully saturated rings. The number of benzene rings is 1.